The molecule has 1 aliphatic heterocycles. The number of nitrogens with one attached hydrogen (secondary N) is 2. The Morgan fingerprint density at radius 1 is 1.14 bits per heavy atom. The number of aromatic nitrogens is 2. The summed E-state index contributed by atoms with van der Waals surface area (Å²) >= 11 is 11.8. The smallest absolute Gasteiger partial charge is 0.242 e. The fraction of sp³-hybridized carbons (Fsp3) is 0.412. The Morgan fingerprint density at radius 2 is 1.89 bits per heavy atom. The van der Waals surface area contributed by atoms with Crippen molar-refractivity contribution in [2.45, 2.75) is 11.8 Å². The Balaban J connectivity index is 1.59. The predicted molar refractivity (Wildman–Crippen MR) is 110 cm³/mol. The molecule has 2 N–H and O–H groups in total. The molecule has 0 unspecified atom stereocenters. The molecule has 2 aromatic rings. The largest absolute Gasteiger partial charge is 0.378 e. The molecule has 0 spiro atoms. The molecule has 1 saturated heterocycles. The number of benzene rings is 1. The van der Waals surface area contributed by atoms with E-state index in [0.29, 0.717) is 36.4 Å². The highest BCUT2D eigenvalue weighted by molar-refractivity contribution is 7.89. The minimum absolute atomic E-state index is 0.0471. The lowest BCUT2D eigenvalue weighted by Gasteiger charge is -2.28. The Bertz CT molecular complexity index is 936. The number of morpholine rings is 1. The first-order valence-electron chi connectivity index (χ1n) is 8.72. The molecule has 1 fully saturated rings. The molecule has 0 amide bonds. The SMILES string of the molecule is Cc1nc(NCCNS(=O)(=O)c2cc(Cl)ccc2Cl)cc(N2CCOCC2)n1. The average Bonchev–Trinajstić information content (AvgIpc) is 2.67. The quantitative estimate of drug-likeness (QED) is 0.631. The molecule has 1 aliphatic rings. The van der Waals surface area contributed by atoms with Crippen molar-refractivity contribution >= 4 is 44.9 Å². The van der Waals surface area contributed by atoms with Crippen LogP contribution in [0.2, 0.25) is 10.0 Å². The van der Waals surface area contributed by atoms with E-state index in [1.165, 1.54) is 18.2 Å². The molecule has 0 bridgehead atoms. The summed E-state index contributed by atoms with van der Waals surface area (Å²) in [5, 5.41) is 3.54. The van der Waals surface area contributed by atoms with Gasteiger partial charge in [-0.25, -0.2) is 23.1 Å². The van der Waals surface area contributed by atoms with Gasteiger partial charge in [0.25, 0.3) is 0 Å². The number of ether oxygens (including phenoxy) is 1. The third-order valence-electron chi connectivity index (χ3n) is 4.07. The van der Waals surface area contributed by atoms with Gasteiger partial charge in [0, 0.05) is 37.3 Å². The molecule has 0 atom stereocenters. The Labute approximate surface area is 174 Å². The lowest BCUT2D eigenvalue weighted by molar-refractivity contribution is 0.122. The molecule has 0 aliphatic carbocycles. The van der Waals surface area contributed by atoms with E-state index >= 15 is 0 Å². The van der Waals surface area contributed by atoms with Gasteiger partial charge < -0.3 is 15.0 Å². The second-order valence-corrected chi connectivity index (χ2v) is 8.74. The van der Waals surface area contributed by atoms with E-state index in [1.54, 1.807) is 0 Å². The van der Waals surface area contributed by atoms with Crippen LogP contribution in [0.3, 0.4) is 0 Å². The van der Waals surface area contributed by atoms with Gasteiger partial charge in [0.05, 0.1) is 18.2 Å². The van der Waals surface area contributed by atoms with Gasteiger partial charge in [-0.2, -0.15) is 0 Å². The summed E-state index contributed by atoms with van der Waals surface area (Å²) in [6, 6.07) is 6.16. The maximum absolute atomic E-state index is 12.4. The number of sulfonamides is 1. The van der Waals surface area contributed by atoms with E-state index in [9.17, 15) is 8.42 Å². The minimum Gasteiger partial charge on any atom is -0.378 e. The topological polar surface area (TPSA) is 96.5 Å². The summed E-state index contributed by atoms with van der Waals surface area (Å²) in [4.78, 5) is 10.9. The summed E-state index contributed by atoms with van der Waals surface area (Å²) in [5.74, 6) is 2.09. The van der Waals surface area contributed by atoms with E-state index < -0.39 is 10.0 Å². The van der Waals surface area contributed by atoms with Gasteiger partial charge in [-0.1, -0.05) is 23.2 Å². The van der Waals surface area contributed by atoms with E-state index in [4.69, 9.17) is 27.9 Å². The van der Waals surface area contributed by atoms with Crippen LogP contribution in [0.15, 0.2) is 29.2 Å². The Hall–Kier alpha value is -1.65. The van der Waals surface area contributed by atoms with Crippen molar-refractivity contribution in [1.29, 1.82) is 0 Å². The summed E-state index contributed by atoms with van der Waals surface area (Å²) in [6.07, 6.45) is 0. The molecule has 28 heavy (non-hydrogen) atoms. The van der Waals surface area contributed by atoms with Crippen molar-refractivity contribution in [3.05, 3.63) is 40.1 Å². The third kappa shape index (κ3) is 5.45. The number of halogens is 2. The molecule has 11 heteroatoms. The van der Waals surface area contributed by atoms with Crippen LogP contribution >= 0.6 is 23.2 Å². The molecule has 1 aromatic heterocycles. The van der Waals surface area contributed by atoms with Crippen LogP contribution in [0.25, 0.3) is 0 Å². The standard InChI is InChI=1S/C17H21Cl2N5O3S/c1-12-22-16(11-17(23-12)24-6-8-27-9-7-24)20-4-5-21-28(25,26)15-10-13(18)2-3-14(15)19/h2-3,10-11,21H,4-9H2,1H3,(H,20,22,23). The van der Waals surface area contributed by atoms with Gasteiger partial charge in [0.2, 0.25) is 10.0 Å². The van der Waals surface area contributed by atoms with Crippen molar-refractivity contribution in [3.8, 4) is 0 Å². The van der Waals surface area contributed by atoms with Gasteiger partial charge in [0.15, 0.2) is 0 Å². The van der Waals surface area contributed by atoms with E-state index in [-0.39, 0.29) is 16.5 Å². The number of rotatable bonds is 7. The highest BCUT2D eigenvalue weighted by Gasteiger charge is 2.18. The molecule has 2 heterocycles. The Morgan fingerprint density at radius 3 is 2.64 bits per heavy atom. The highest BCUT2D eigenvalue weighted by atomic mass is 35.5. The fourth-order valence-corrected chi connectivity index (χ4v) is 4.53. The molecule has 3 rings (SSSR count). The van der Waals surface area contributed by atoms with Crippen molar-refractivity contribution in [2.75, 3.05) is 49.6 Å². The molecule has 152 valence electrons. The zero-order chi connectivity index (χ0) is 20.1. The normalized spacial score (nSPS) is 14.9. The number of anilines is 2. The molecule has 8 nitrogen and oxygen atoms in total. The summed E-state index contributed by atoms with van der Waals surface area (Å²) in [5.41, 5.74) is 0. The molecule has 1 aromatic carbocycles. The number of hydrogen-bond donors (Lipinski definition) is 2. The van der Waals surface area contributed by atoms with Crippen molar-refractivity contribution in [1.82, 2.24) is 14.7 Å². The van der Waals surface area contributed by atoms with Crippen LogP contribution in [0.4, 0.5) is 11.6 Å². The highest BCUT2D eigenvalue weighted by Crippen LogP contribution is 2.24. The molecular weight excluding hydrogens is 425 g/mol. The fourth-order valence-electron chi connectivity index (χ4n) is 2.73. The average molecular weight is 446 g/mol. The van der Waals surface area contributed by atoms with Crippen molar-refractivity contribution in [2.24, 2.45) is 0 Å². The van der Waals surface area contributed by atoms with Crippen molar-refractivity contribution < 1.29 is 13.2 Å². The van der Waals surface area contributed by atoms with Gasteiger partial charge >= 0.3 is 0 Å². The zero-order valence-electron chi connectivity index (χ0n) is 15.3. The first kappa shape index (κ1) is 21.1. The van der Waals surface area contributed by atoms with Crippen LogP contribution in [0.5, 0.6) is 0 Å². The van der Waals surface area contributed by atoms with Gasteiger partial charge in [-0.3, -0.25) is 0 Å². The first-order valence-corrected chi connectivity index (χ1v) is 11.0. The molecular formula is C17H21Cl2N5O3S. The predicted octanol–water partition coefficient (Wildman–Crippen LogP) is 2.32. The summed E-state index contributed by atoms with van der Waals surface area (Å²) < 4.78 is 32.7. The van der Waals surface area contributed by atoms with E-state index in [0.717, 1.165) is 18.9 Å². The van der Waals surface area contributed by atoms with Gasteiger partial charge in [-0.05, 0) is 25.1 Å². The Kier molecular flexibility index (Phi) is 6.95. The van der Waals surface area contributed by atoms with Crippen LogP contribution in [-0.2, 0) is 14.8 Å². The van der Waals surface area contributed by atoms with Gasteiger partial charge in [-0.15, -0.1) is 0 Å². The van der Waals surface area contributed by atoms with Crippen LogP contribution in [0.1, 0.15) is 5.82 Å². The lowest BCUT2D eigenvalue weighted by atomic mass is 10.4. The maximum atomic E-state index is 12.4. The minimum atomic E-state index is -3.76. The second kappa shape index (κ2) is 9.23. The van der Waals surface area contributed by atoms with Gasteiger partial charge in [0.1, 0.15) is 22.4 Å². The number of hydrogen-bond acceptors (Lipinski definition) is 7. The molecule has 0 saturated carbocycles. The maximum Gasteiger partial charge on any atom is 0.242 e. The van der Waals surface area contributed by atoms with Crippen LogP contribution in [0, 0.1) is 6.92 Å². The molecule has 0 radical (unpaired) electrons. The summed E-state index contributed by atoms with van der Waals surface area (Å²) in [7, 11) is -3.76. The zero-order valence-corrected chi connectivity index (χ0v) is 17.6. The van der Waals surface area contributed by atoms with E-state index in [1.807, 2.05) is 13.0 Å². The second-order valence-electron chi connectivity index (χ2n) is 6.16. The van der Waals surface area contributed by atoms with Crippen LogP contribution < -0.4 is 14.9 Å². The number of nitrogens with zero attached hydrogens (tertiary/aromatic N) is 3. The lowest BCUT2D eigenvalue weighted by Crippen LogP contribution is -2.37. The summed E-state index contributed by atoms with van der Waals surface area (Å²) in [6.45, 7) is 5.20. The first-order chi connectivity index (χ1) is 13.3. The monoisotopic (exact) mass is 445 g/mol. The van der Waals surface area contributed by atoms with E-state index in [2.05, 4.69) is 24.9 Å². The third-order valence-corrected chi connectivity index (χ3v) is 6.24. The number of aryl methyl sites for hydroxylation is 1. The van der Waals surface area contributed by atoms with Crippen molar-refractivity contribution in [3.63, 3.8) is 0 Å². The van der Waals surface area contributed by atoms with Crippen LogP contribution in [-0.4, -0.2) is 57.8 Å².